The van der Waals surface area contributed by atoms with E-state index in [1.807, 2.05) is 0 Å². The summed E-state index contributed by atoms with van der Waals surface area (Å²) in [4.78, 5) is 42.4. The van der Waals surface area contributed by atoms with Gasteiger partial charge in [-0.05, 0) is 48.9 Å². The summed E-state index contributed by atoms with van der Waals surface area (Å²) in [7, 11) is 15.5. The molecule has 0 aliphatic rings. The number of H-pyrrole nitrogens is 1. The lowest BCUT2D eigenvalue weighted by Gasteiger charge is -2.30. The first kappa shape index (κ1) is 32.2. The first-order chi connectivity index (χ1) is 20.7. The van der Waals surface area contributed by atoms with Crippen LogP contribution >= 0.6 is 0 Å². The second-order valence-corrected chi connectivity index (χ2v) is 10.7. The fourth-order valence-electron chi connectivity index (χ4n) is 4.34. The molecule has 0 fully saturated rings. The maximum atomic E-state index is 14.4. The SMILES string of the molecule is [B]C([B])(C/C=C/C(=O)N(C)C)C(C)C(=O)Nc1cccn(Cc2cc3cc(F)cc(OCc4ccc(F)cc4F)c3[nH]2)c1=O. The van der Waals surface area contributed by atoms with Gasteiger partial charge in [-0.15, -0.1) is 0 Å². The average Bonchev–Trinajstić information content (AvgIpc) is 3.36. The van der Waals surface area contributed by atoms with Crippen molar-refractivity contribution >= 4 is 44.1 Å². The van der Waals surface area contributed by atoms with Crippen LogP contribution in [-0.4, -0.2) is 56.1 Å². The largest absolute Gasteiger partial charge is 0.486 e. The lowest BCUT2D eigenvalue weighted by molar-refractivity contribution is -0.123. The molecule has 4 aromatic rings. The van der Waals surface area contributed by atoms with Gasteiger partial charge in [0.25, 0.3) is 5.56 Å². The van der Waals surface area contributed by atoms with E-state index in [2.05, 4.69) is 10.3 Å². The predicted octanol–water partition coefficient (Wildman–Crippen LogP) is 4.44. The zero-order valence-electron chi connectivity index (χ0n) is 24.4. The number of carbonyl (C=O) groups excluding carboxylic acids is 2. The Balaban J connectivity index is 1.49. The minimum Gasteiger partial charge on any atom is -0.486 e. The van der Waals surface area contributed by atoms with E-state index in [0.29, 0.717) is 16.6 Å². The van der Waals surface area contributed by atoms with Crippen molar-refractivity contribution in [3.05, 3.63) is 106 Å². The Labute approximate surface area is 254 Å². The highest BCUT2D eigenvalue weighted by Crippen LogP contribution is 2.33. The van der Waals surface area contributed by atoms with Crippen molar-refractivity contribution < 1.29 is 27.5 Å². The van der Waals surface area contributed by atoms with Crippen LogP contribution in [0, 0.1) is 23.4 Å². The van der Waals surface area contributed by atoms with Crippen LogP contribution in [0.5, 0.6) is 5.75 Å². The fraction of sp³-hybridized carbons (Fsp3) is 0.258. The van der Waals surface area contributed by atoms with Gasteiger partial charge < -0.3 is 24.5 Å². The van der Waals surface area contributed by atoms with Crippen molar-refractivity contribution in [3.8, 4) is 5.75 Å². The van der Waals surface area contributed by atoms with Crippen molar-refractivity contribution in [1.82, 2.24) is 14.5 Å². The van der Waals surface area contributed by atoms with Crippen molar-refractivity contribution in [2.24, 2.45) is 5.92 Å². The minimum atomic E-state index is -1.50. The summed E-state index contributed by atoms with van der Waals surface area (Å²) < 4.78 is 48.6. The molecule has 0 bridgehead atoms. The lowest BCUT2D eigenvalue weighted by Crippen LogP contribution is -2.35. The number of fused-ring (bicyclic) bond motifs is 1. The molecule has 44 heavy (non-hydrogen) atoms. The van der Waals surface area contributed by atoms with E-state index >= 15 is 0 Å². The van der Waals surface area contributed by atoms with Crippen LogP contribution in [0.4, 0.5) is 18.9 Å². The molecule has 0 spiro atoms. The molecule has 13 heteroatoms. The highest BCUT2D eigenvalue weighted by molar-refractivity contribution is 6.41. The van der Waals surface area contributed by atoms with Crippen LogP contribution in [0.2, 0.25) is 5.21 Å². The number of amides is 2. The van der Waals surface area contributed by atoms with Gasteiger partial charge in [0, 0.05) is 55.0 Å². The van der Waals surface area contributed by atoms with E-state index in [9.17, 15) is 27.6 Å². The molecule has 0 saturated carbocycles. The second-order valence-electron chi connectivity index (χ2n) is 10.7. The highest BCUT2D eigenvalue weighted by Gasteiger charge is 2.30. The Kier molecular flexibility index (Phi) is 9.76. The number of allylic oxidation sites excluding steroid dienone is 1. The molecular formula is C31H29B2F3N4O4. The molecule has 0 aliphatic carbocycles. The van der Waals surface area contributed by atoms with Crippen LogP contribution in [0.25, 0.3) is 10.9 Å². The molecule has 2 heterocycles. The normalized spacial score (nSPS) is 12.4. The summed E-state index contributed by atoms with van der Waals surface area (Å²) in [6.45, 7) is 1.28. The van der Waals surface area contributed by atoms with E-state index in [-0.39, 0.29) is 42.5 Å². The lowest BCUT2D eigenvalue weighted by atomic mass is 9.47. The third-order valence-electron chi connectivity index (χ3n) is 7.10. The average molecular weight is 600 g/mol. The van der Waals surface area contributed by atoms with E-state index in [1.54, 1.807) is 26.2 Å². The smallest absolute Gasteiger partial charge is 0.274 e. The predicted molar refractivity (Wildman–Crippen MR) is 163 cm³/mol. The molecule has 1 unspecified atom stereocenters. The van der Waals surface area contributed by atoms with Crippen LogP contribution in [0.1, 0.15) is 24.6 Å². The number of benzene rings is 2. The molecule has 2 amide bonds. The summed E-state index contributed by atoms with van der Waals surface area (Å²) in [5.74, 6) is -3.78. The van der Waals surface area contributed by atoms with E-state index in [0.717, 1.165) is 18.2 Å². The molecule has 0 saturated heterocycles. The number of ether oxygens (including phenoxy) is 1. The van der Waals surface area contributed by atoms with E-state index < -0.39 is 40.0 Å². The monoisotopic (exact) mass is 600 g/mol. The first-order valence-electron chi connectivity index (χ1n) is 13.6. The first-order valence-corrected chi connectivity index (χ1v) is 13.6. The van der Waals surface area contributed by atoms with Crippen molar-refractivity contribution in [2.45, 2.75) is 31.7 Å². The van der Waals surface area contributed by atoms with Gasteiger partial charge in [-0.1, -0.05) is 18.2 Å². The van der Waals surface area contributed by atoms with E-state index in [1.165, 1.54) is 52.9 Å². The number of anilines is 1. The third-order valence-corrected chi connectivity index (χ3v) is 7.10. The Bertz CT molecular complexity index is 1790. The molecule has 2 N–H and O–H groups in total. The number of likely N-dealkylation sites (N-methyl/N-ethyl adjacent to an activating group) is 1. The fourth-order valence-corrected chi connectivity index (χ4v) is 4.34. The number of aromatic nitrogens is 2. The number of hydrogen-bond donors (Lipinski definition) is 2. The Morgan fingerprint density at radius 3 is 2.57 bits per heavy atom. The highest BCUT2D eigenvalue weighted by atomic mass is 19.1. The molecule has 4 radical (unpaired) electrons. The number of halogens is 3. The van der Waals surface area contributed by atoms with Crippen LogP contribution in [0.15, 0.2) is 71.7 Å². The molecule has 2 aromatic heterocycles. The summed E-state index contributed by atoms with van der Waals surface area (Å²) in [5, 5.41) is 1.53. The van der Waals surface area contributed by atoms with Gasteiger partial charge in [0.2, 0.25) is 11.8 Å². The second kappa shape index (κ2) is 13.3. The van der Waals surface area contributed by atoms with Crippen LogP contribution < -0.4 is 15.6 Å². The van der Waals surface area contributed by atoms with Crippen molar-refractivity contribution in [2.75, 3.05) is 19.4 Å². The Morgan fingerprint density at radius 2 is 1.86 bits per heavy atom. The number of carbonyl (C=O) groups is 2. The van der Waals surface area contributed by atoms with Crippen molar-refractivity contribution in [1.29, 1.82) is 0 Å². The van der Waals surface area contributed by atoms with Gasteiger partial charge >= 0.3 is 0 Å². The molecular weight excluding hydrogens is 571 g/mol. The topological polar surface area (TPSA) is 96.4 Å². The van der Waals surface area contributed by atoms with Gasteiger partial charge in [-0.25, -0.2) is 13.2 Å². The maximum absolute atomic E-state index is 14.4. The molecule has 2 aromatic carbocycles. The number of nitrogens with one attached hydrogen (secondary N) is 2. The Hall–Kier alpha value is -4.67. The number of pyridine rings is 1. The number of nitrogens with zero attached hydrogens (tertiary/aromatic N) is 2. The molecule has 4 rings (SSSR count). The van der Waals surface area contributed by atoms with Crippen LogP contribution in [-0.2, 0) is 22.7 Å². The summed E-state index contributed by atoms with van der Waals surface area (Å²) in [6, 6.07) is 10.1. The molecule has 8 nitrogen and oxygen atoms in total. The number of hydrogen-bond acceptors (Lipinski definition) is 4. The zero-order chi connectivity index (χ0) is 32.2. The van der Waals surface area contributed by atoms with E-state index in [4.69, 9.17) is 20.4 Å². The van der Waals surface area contributed by atoms with Gasteiger partial charge in [0.1, 0.15) is 35.5 Å². The summed E-state index contributed by atoms with van der Waals surface area (Å²) >= 11 is 0. The summed E-state index contributed by atoms with van der Waals surface area (Å²) in [6.07, 6.45) is 4.36. The van der Waals surface area contributed by atoms with Gasteiger partial charge in [-0.2, -0.15) is 0 Å². The standard InChI is InChI=1S/C31H29B2F3N4O4/c1-18(31(32,33)10-4-7-27(41)39(2)3)29(42)38-25-6-5-11-40(30(25)43)16-23-13-20-12-22(35)15-26(28(20)37-23)44-17-19-8-9-21(34)14-24(19)36/h4-9,11-15,18,37H,10,16-17H2,1-3H3,(H,38,42)/b7-4+. The van der Waals surface area contributed by atoms with Crippen molar-refractivity contribution in [3.63, 3.8) is 0 Å². The van der Waals surface area contributed by atoms with Gasteiger partial charge in [0.05, 0.1) is 27.8 Å². The molecule has 224 valence electrons. The summed E-state index contributed by atoms with van der Waals surface area (Å²) in [5.41, 5.74) is 0.499. The van der Waals surface area contributed by atoms with Crippen LogP contribution in [0.3, 0.4) is 0 Å². The third kappa shape index (κ3) is 7.64. The minimum absolute atomic E-state index is 0.00835. The quantitative estimate of drug-likeness (QED) is 0.197. The van der Waals surface area contributed by atoms with Gasteiger partial charge in [0.15, 0.2) is 0 Å². The number of rotatable bonds is 11. The zero-order valence-corrected chi connectivity index (χ0v) is 24.4. The maximum Gasteiger partial charge on any atom is 0.274 e. The Morgan fingerprint density at radius 1 is 1.11 bits per heavy atom. The molecule has 1 atom stereocenters. The van der Waals surface area contributed by atoms with Gasteiger partial charge in [-0.3, -0.25) is 14.4 Å². The number of aromatic amines is 1. The molecule has 0 aliphatic heterocycles.